The Morgan fingerprint density at radius 2 is 2.00 bits per heavy atom. The highest BCUT2D eigenvalue weighted by Crippen LogP contribution is 2.40. The van der Waals surface area contributed by atoms with Crippen LogP contribution in [-0.2, 0) is 9.47 Å². The van der Waals surface area contributed by atoms with Crippen molar-refractivity contribution in [3.63, 3.8) is 0 Å². The van der Waals surface area contributed by atoms with E-state index in [0.717, 1.165) is 38.4 Å². The molecule has 2 rings (SSSR count). The van der Waals surface area contributed by atoms with Gasteiger partial charge in [-0.1, -0.05) is 26.2 Å². The van der Waals surface area contributed by atoms with Crippen LogP contribution in [0.3, 0.4) is 0 Å². The summed E-state index contributed by atoms with van der Waals surface area (Å²) in [4.78, 5) is 0. The maximum atomic E-state index is 10.9. The van der Waals surface area contributed by atoms with Crippen molar-refractivity contribution in [2.45, 2.75) is 70.5 Å². The van der Waals surface area contributed by atoms with Crippen molar-refractivity contribution in [2.75, 3.05) is 19.8 Å². The van der Waals surface area contributed by atoms with Crippen LogP contribution >= 0.6 is 0 Å². The zero-order valence-electron chi connectivity index (χ0n) is 12.6. The first kappa shape index (κ1) is 15.3. The summed E-state index contributed by atoms with van der Waals surface area (Å²) in [7, 11) is 0. The van der Waals surface area contributed by atoms with Gasteiger partial charge in [0.25, 0.3) is 0 Å². The highest BCUT2D eigenvalue weighted by Gasteiger charge is 2.44. The Morgan fingerprint density at radius 1 is 1.26 bits per heavy atom. The van der Waals surface area contributed by atoms with Gasteiger partial charge in [-0.3, -0.25) is 0 Å². The van der Waals surface area contributed by atoms with E-state index in [2.05, 4.69) is 6.92 Å². The number of aliphatic hydroxyl groups excluding tert-OH is 1. The molecule has 3 nitrogen and oxygen atoms in total. The van der Waals surface area contributed by atoms with E-state index in [1.165, 1.54) is 25.7 Å². The lowest BCUT2D eigenvalue weighted by atomic mass is 9.71. The molecule has 1 saturated carbocycles. The molecule has 0 amide bonds. The summed E-state index contributed by atoms with van der Waals surface area (Å²) in [6.07, 6.45) is 7.55. The molecule has 0 aromatic heterocycles. The van der Waals surface area contributed by atoms with Crippen LogP contribution in [0.2, 0.25) is 0 Å². The fourth-order valence-corrected chi connectivity index (χ4v) is 3.95. The number of rotatable bonds is 5. The molecule has 3 heteroatoms. The number of aliphatic hydroxyl groups is 1. The van der Waals surface area contributed by atoms with Crippen molar-refractivity contribution in [1.29, 1.82) is 0 Å². The molecular formula is C16H30O3. The normalized spacial score (nSPS) is 33.0. The third kappa shape index (κ3) is 3.50. The van der Waals surface area contributed by atoms with Gasteiger partial charge >= 0.3 is 0 Å². The van der Waals surface area contributed by atoms with E-state index in [9.17, 15) is 5.11 Å². The van der Waals surface area contributed by atoms with Gasteiger partial charge < -0.3 is 14.6 Å². The van der Waals surface area contributed by atoms with Gasteiger partial charge in [0.2, 0.25) is 0 Å². The van der Waals surface area contributed by atoms with Gasteiger partial charge in [-0.25, -0.2) is 0 Å². The van der Waals surface area contributed by atoms with Gasteiger partial charge in [0.15, 0.2) is 0 Å². The fourth-order valence-electron chi connectivity index (χ4n) is 3.95. The summed E-state index contributed by atoms with van der Waals surface area (Å²) in [5, 5.41) is 10.9. The molecule has 0 spiro atoms. The topological polar surface area (TPSA) is 38.7 Å². The van der Waals surface area contributed by atoms with E-state index in [1.54, 1.807) is 0 Å². The van der Waals surface area contributed by atoms with Crippen LogP contribution in [0, 0.1) is 11.8 Å². The summed E-state index contributed by atoms with van der Waals surface area (Å²) < 4.78 is 11.5. The van der Waals surface area contributed by atoms with Gasteiger partial charge in [0.05, 0.1) is 11.7 Å². The lowest BCUT2D eigenvalue weighted by Crippen LogP contribution is -2.53. The minimum absolute atomic E-state index is 0.314. The number of hydrogen-bond donors (Lipinski definition) is 1. The molecule has 0 aromatic rings. The highest BCUT2D eigenvalue weighted by atomic mass is 16.5. The van der Waals surface area contributed by atoms with Crippen LogP contribution in [-0.4, -0.2) is 36.6 Å². The van der Waals surface area contributed by atoms with Crippen molar-refractivity contribution in [2.24, 2.45) is 11.8 Å². The molecule has 0 bridgehead atoms. The first-order valence-electron chi connectivity index (χ1n) is 8.11. The quantitative estimate of drug-likeness (QED) is 0.834. The Balaban J connectivity index is 2.03. The zero-order chi connectivity index (χ0) is 13.7. The standard InChI is InChI=1S/C16H30O3/c1-3-13-6-5-7-14(12-13)15(17)16(19-4-2)8-10-18-11-9-16/h13-15,17H,3-12H2,1-2H3. The lowest BCUT2D eigenvalue weighted by Gasteiger charge is -2.45. The van der Waals surface area contributed by atoms with Crippen LogP contribution in [0.15, 0.2) is 0 Å². The smallest absolute Gasteiger partial charge is 0.0986 e. The van der Waals surface area contributed by atoms with Crippen LogP contribution < -0.4 is 0 Å². The molecule has 1 aliphatic heterocycles. The predicted octanol–water partition coefficient (Wildman–Crippen LogP) is 3.15. The largest absolute Gasteiger partial charge is 0.390 e. The highest BCUT2D eigenvalue weighted by molar-refractivity contribution is 4.95. The van der Waals surface area contributed by atoms with E-state index in [1.807, 2.05) is 6.92 Å². The molecule has 3 unspecified atom stereocenters. The van der Waals surface area contributed by atoms with Crippen molar-refractivity contribution < 1.29 is 14.6 Å². The SMILES string of the molecule is CCOC1(C(O)C2CCCC(CC)C2)CCOCC1. The molecule has 112 valence electrons. The van der Waals surface area contributed by atoms with E-state index in [-0.39, 0.29) is 11.7 Å². The monoisotopic (exact) mass is 270 g/mol. The molecular weight excluding hydrogens is 240 g/mol. The van der Waals surface area contributed by atoms with Crippen molar-refractivity contribution >= 4 is 0 Å². The predicted molar refractivity (Wildman–Crippen MR) is 76.2 cm³/mol. The van der Waals surface area contributed by atoms with E-state index < -0.39 is 0 Å². The van der Waals surface area contributed by atoms with Gasteiger partial charge in [-0.2, -0.15) is 0 Å². The Hall–Kier alpha value is -0.120. The molecule has 1 aliphatic carbocycles. The maximum Gasteiger partial charge on any atom is 0.0986 e. The van der Waals surface area contributed by atoms with E-state index in [4.69, 9.17) is 9.47 Å². The molecule has 2 fully saturated rings. The first-order valence-corrected chi connectivity index (χ1v) is 8.11. The molecule has 1 N–H and O–H groups in total. The van der Waals surface area contributed by atoms with Crippen LogP contribution in [0.4, 0.5) is 0 Å². The van der Waals surface area contributed by atoms with E-state index in [0.29, 0.717) is 12.5 Å². The Kier molecular flexibility index (Phi) is 5.67. The summed E-state index contributed by atoms with van der Waals surface area (Å²) in [6, 6.07) is 0. The average Bonchev–Trinajstić information content (AvgIpc) is 2.48. The van der Waals surface area contributed by atoms with Crippen LogP contribution in [0.25, 0.3) is 0 Å². The summed E-state index contributed by atoms with van der Waals surface area (Å²) in [5.41, 5.74) is -0.340. The van der Waals surface area contributed by atoms with Gasteiger partial charge in [0.1, 0.15) is 0 Å². The Morgan fingerprint density at radius 3 is 2.63 bits per heavy atom. The molecule has 0 aromatic carbocycles. The Bertz CT molecular complexity index is 255. The minimum atomic E-state index is -0.340. The third-order valence-corrected chi connectivity index (χ3v) is 5.16. The fraction of sp³-hybridized carbons (Fsp3) is 1.00. The van der Waals surface area contributed by atoms with Crippen molar-refractivity contribution in [1.82, 2.24) is 0 Å². The van der Waals surface area contributed by atoms with Gasteiger partial charge in [-0.05, 0) is 31.6 Å². The molecule has 3 atom stereocenters. The minimum Gasteiger partial charge on any atom is -0.390 e. The summed E-state index contributed by atoms with van der Waals surface area (Å²) in [6.45, 7) is 6.43. The molecule has 19 heavy (non-hydrogen) atoms. The van der Waals surface area contributed by atoms with Crippen molar-refractivity contribution in [3.05, 3.63) is 0 Å². The van der Waals surface area contributed by atoms with Crippen LogP contribution in [0.5, 0.6) is 0 Å². The lowest BCUT2D eigenvalue weighted by molar-refractivity contribution is -0.184. The molecule has 2 aliphatic rings. The second kappa shape index (κ2) is 7.05. The van der Waals surface area contributed by atoms with Crippen LogP contribution in [0.1, 0.15) is 58.8 Å². The Labute approximate surface area is 117 Å². The zero-order valence-corrected chi connectivity index (χ0v) is 12.6. The molecule has 1 heterocycles. The second-order valence-corrected chi connectivity index (χ2v) is 6.26. The average molecular weight is 270 g/mol. The maximum absolute atomic E-state index is 10.9. The van der Waals surface area contributed by atoms with Gasteiger partial charge in [-0.15, -0.1) is 0 Å². The second-order valence-electron chi connectivity index (χ2n) is 6.26. The number of hydrogen-bond acceptors (Lipinski definition) is 3. The van der Waals surface area contributed by atoms with E-state index >= 15 is 0 Å². The molecule has 0 radical (unpaired) electrons. The first-order chi connectivity index (χ1) is 9.22. The third-order valence-electron chi connectivity index (χ3n) is 5.16. The summed E-state index contributed by atoms with van der Waals surface area (Å²) >= 11 is 0. The number of ether oxygens (including phenoxy) is 2. The summed E-state index contributed by atoms with van der Waals surface area (Å²) in [5.74, 6) is 1.22. The van der Waals surface area contributed by atoms with Gasteiger partial charge in [0, 0.05) is 32.7 Å². The van der Waals surface area contributed by atoms with Crippen molar-refractivity contribution in [3.8, 4) is 0 Å². The molecule has 1 saturated heterocycles.